The van der Waals surface area contributed by atoms with Gasteiger partial charge in [0.25, 0.3) is 0 Å². The van der Waals surface area contributed by atoms with Crippen molar-refractivity contribution in [1.29, 1.82) is 0 Å². The molecule has 12 rings (SSSR count). The Morgan fingerprint density at radius 3 is 0.712 bits per heavy atom. The zero-order valence-corrected chi connectivity index (χ0v) is 45.5. The minimum absolute atomic E-state index is 0.00834. The van der Waals surface area contributed by atoms with Gasteiger partial charge < -0.3 is 13.7 Å². The number of nitrogens with zero attached hydrogens (tertiary/aromatic N) is 3. The standard InChI is InChI=1S/C69H66BN3/c1-37-43(7)67(44(8)38(2)64(37)49-28-31-61-55(34-49)52-22-16-19-25-58(52)71(61)13)70(68-45(9)39(3)65(40(4)46(68)10)50-29-32-62-56(35-50)53-23-17-20-26-59(53)72(62)14)69-47(11)41(5)66(42(6)48(69)12)51-30-33-63-57(36-51)54-24-18-21-27-60(54)73(63)15/h16-36H,1-15H3. The molecular formula is C69H66BN3. The van der Waals surface area contributed by atoms with Gasteiger partial charge in [-0.1, -0.05) is 123 Å². The Labute approximate surface area is 431 Å². The van der Waals surface area contributed by atoms with Crippen molar-refractivity contribution in [2.24, 2.45) is 21.1 Å². The van der Waals surface area contributed by atoms with Crippen LogP contribution >= 0.6 is 0 Å². The van der Waals surface area contributed by atoms with Gasteiger partial charge in [-0.05, 0) is 204 Å². The number of aromatic nitrogens is 3. The Morgan fingerprint density at radius 1 is 0.247 bits per heavy atom. The normalized spacial score (nSPS) is 12.0. The van der Waals surface area contributed by atoms with Gasteiger partial charge in [0.1, 0.15) is 0 Å². The summed E-state index contributed by atoms with van der Waals surface area (Å²) in [7, 11) is 6.57. The first-order valence-electron chi connectivity index (χ1n) is 26.2. The van der Waals surface area contributed by atoms with Gasteiger partial charge in [-0.2, -0.15) is 0 Å². The summed E-state index contributed by atoms with van der Waals surface area (Å²) in [6.07, 6.45) is 0. The summed E-state index contributed by atoms with van der Waals surface area (Å²) in [5, 5.41) is 7.83. The van der Waals surface area contributed by atoms with Crippen LogP contribution in [0.25, 0.3) is 98.8 Å². The third-order valence-corrected chi connectivity index (χ3v) is 18.5. The van der Waals surface area contributed by atoms with E-state index in [1.165, 1.54) is 182 Å². The molecule has 4 heteroatoms. The smallest absolute Gasteiger partial charge is 0.243 e. The van der Waals surface area contributed by atoms with Crippen molar-refractivity contribution in [1.82, 2.24) is 13.7 Å². The van der Waals surface area contributed by atoms with E-state index < -0.39 is 0 Å². The van der Waals surface area contributed by atoms with E-state index in [-0.39, 0.29) is 6.71 Å². The summed E-state index contributed by atoms with van der Waals surface area (Å²) < 4.78 is 7.01. The predicted molar refractivity (Wildman–Crippen MR) is 319 cm³/mol. The highest BCUT2D eigenvalue weighted by Gasteiger charge is 2.36. The lowest BCUT2D eigenvalue weighted by Crippen LogP contribution is -2.58. The summed E-state index contributed by atoms with van der Waals surface area (Å²) >= 11 is 0. The van der Waals surface area contributed by atoms with E-state index >= 15 is 0 Å². The maximum Gasteiger partial charge on any atom is 0.243 e. The number of hydrogen-bond acceptors (Lipinski definition) is 0. The van der Waals surface area contributed by atoms with E-state index in [0.29, 0.717) is 0 Å². The van der Waals surface area contributed by atoms with Gasteiger partial charge in [0, 0.05) is 86.6 Å². The topological polar surface area (TPSA) is 14.8 Å². The maximum absolute atomic E-state index is 2.45. The van der Waals surface area contributed by atoms with E-state index in [9.17, 15) is 0 Å². The van der Waals surface area contributed by atoms with Crippen LogP contribution in [0.4, 0.5) is 0 Å². The molecule has 360 valence electrons. The first-order valence-corrected chi connectivity index (χ1v) is 26.2. The van der Waals surface area contributed by atoms with Crippen molar-refractivity contribution in [3.8, 4) is 33.4 Å². The monoisotopic (exact) mass is 948 g/mol. The van der Waals surface area contributed by atoms with Gasteiger partial charge in [0.05, 0.1) is 0 Å². The number of benzene rings is 9. The fourth-order valence-corrected chi connectivity index (χ4v) is 14.0. The van der Waals surface area contributed by atoms with Crippen LogP contribution in [0, 0.1) is 83.1 Å². The number of aryl methyl sites for hydroxylation is 3. The van der Waals surface area contributed by atoms with Gasteiger partial charge in [-0.15, -0.1) is 0 Å². The highest BCUT2D eigenvalue weighted by atomic mass is 14.9. The van der Waals surface area contributed by atoms with Crippen molar-refractivity contribution in [2.75, 3.05) is 0 Å². The Balaban J connectivity index is 1.11. The molecule has 0 amide bonds. The number of hydrogen-bond donors (Lipinski definition) is 0. The van der Waals surface area contributed by atoms with Crippen LogP contribution in [0.2, 0.25) is 0 Å². The molecule has 0 atom stereocenters. The molecule has 0 aliphatic rings. The lowest BCUT2D eigenvalue weighted by molar-refractivity contribution is 1.01. The fourth-order valence-electron chi connectivity index (χ4n) is 14.0. The van der Waals surface area contributed by atoms with E-state index in [4.69, 9.17) is 0 Å². The quantitative estimate of drug-likeness (QED) is 0.148. The number of para-hydroxylation sites is 3. The second-order valence-electron chi connectivity index (χ2n) is 21.7. The molecule has 0 N–H and O–H groups in total. The van der Waals surface area contributed by atoms with Crippen LogP contribution in [0.5, 0.6) is 0 Å². The van der Waals surface area contributed by atoms with Gasteiger partial charge in [0.15, 0.2) is 0 Å². The molecule has 0 radical (unpaired) electrons. The zero-order valence-electron chi connectivity index (χ0n) is 45.5. The molecule has 9 aromatic carbocycles. The first kappa shape index (κ1) is 46.5. The lowest BCUT2D eigenvalue weighted by Gasteiger charge is -2.33. The Hall–Kier alpha value is -7.56. The van der Waals surface area contributed by atoms with Crippen LogP contribution in [0.3, 0.4) is 0 Å². The van der Waals surface area contributed by atoms with Crippen molar-refractivity contribution in [3.05, 3.63) is 194 Å². The van der Waals surface area contributed by atoms with Crippen molar-refractivity contribution >= 4 is 88.5 Å². The van der Waals surface area contributed by atoms with E-state index in [2.05, 4.69) is 245 Å². The summed E-state index contributed by atoms with van der Waals surface area (Å²) in [5.41, 5.74) is 36.2. The summed E-state index contributed by atoms with van der Waals surface area (Å²) in [5.74, 6) is 0. The number of rotatable bonds is 6. The molecule has 0 fully saturated rings. The van der Waals surface area contributed by atoms with Crippen molar-refractivity contribution in [2.45, 2.75) is 83.1 Å². The van der Waals surface area contributed by atoms with Gasteiger partial charge in [-0.25, -0.2) is 0 Å². The average molecular weight is 948 g/mol. The molecule has 0 spiro atoms. The minimum atomic E-state index is -0.00834. The second-order valence-corrected chi connectivity index (χ2v) is 21.7. The van der Waals surface area contributed by atoms with E-state index in [1.54, 1.807) is 0 Å². The van der Waals surface area contributed by atoms with Crippen LogP contribution in [0.1, 0.15) is 66.8 Å². The van der Waals surface area contributed by atoms with E-state index in [1.807, 2.05) is 0 Å². The Kier molecular flexibility index (Phi) is 10.7. The van der Waals surface area contributed by atoms with Crippen LogP contribution in [0.15, 0.2) is 127 Å². The van der Waals surface area contributed by atoms with Crippen LogP contribution in [-0.4, -0.2) is 20.4 Å². The molecule has 12 aromatic rings. The molecule has 0 bridgehead atoms. The summed E-state index contributed by atoms with van der Waals surface area (Å²) in [6.45, 7) is 28.8. The van der Waals surface area contributed by atoms with Crippen LogP contribution < -0.4 is 16.4 Å². The molecule has 0 saturated carbocycles. The predicted octanol–water partition coefficient (Wildman–Crippen LogP) is 15.8. The second kappa shape index (κ2) is 16.8. The first-order chi connectivity index (χ1) is 35.0. The van der Waals surface area contributed by atoms with Crippen LogP contribution in [-0.2, 0) is 21.1 Å². The molecule has 3 heterocycles. The SMILES string of the molecule is Cc1c(C)c(-c2ccc3c(c2)c2ccccc2n3C)c(C)c(C)c1B(c1c(C)c(C)c(-c2ccc3c(c2)c2ccccc2n3C)c(C)c1C)c1c(C)c(C)c(-c2ccc3c(c2)c2ccccc2n3C)c(C)c1C. The van der Waals surface area contributed by atoms with Crippen molar-refractivity contribution in [3.63, 3.8) is 0 Å². The zero-order chi connectivity index (χ0) is 51.2. The highest BCUT2D eigenvalue weighted by molar-refractivity contribution is 6.97. The van der Waals surface area contributed by atoms with Gasteiger partial charge in [0.2, 0.25) is 6.71 Å². The molecular weight excluding hydrogens is 882 g/mol. The molecule has 73 heavy (non-hydrogen) atoms. The Bertz CT molecular complexity index is 3840. The number of fused-ring (bicyclic) bond motifs is 9. The highest BCUT2D eigenvalue weighted by Crippen LogP contribution is 2.41. The van der Waals surface area contributed by atoms with Crippen molar-refractivity contribution < 1.29 is 0 Å². The molecule has 0 saturated heterocycles. The molecule has 0 aliphatic carbocycles. The summed E-state index contributed by atoms with van der Waals surface area (Å²) in [4.78, 5) is 0. The molecule has 0 aliphatic heterocycles. The average Bonchev–Trinajstić information content (AvgIpc) is 3.97. The van der Waals surface area contributed by atoms with Gasteiger partial charge >= 0.3 is 0 Å². The maximum atomic E-state index is 2.45. The molecule has 3 nitrogen and oxygen atoms in total. The largest absolute Gasteiger partial charge is 0.344 e. The minimum Gasteiger partial charge on any atom is -0.344 e. The summed E-state index contributed by atoms with van der Waals surface area (Å²) in [6, 6.07) is 47.9. The lowest BCUT2D eigenvalue weighted by atomic mass is 9.32. The fraction of sp³-hybridized carbons (Fsp3) is 0.217. The third kappa shape index (κ3) is 6.51. The van der Waals surface area contributed by atoms with Gasteiger partial charge in [-0.3, -0.25) is 0 Å². The molecule has 3 aromatic heterocycles. The third-order valence-electron chi connectivity index (χ3n) is 18.5. The Morgan fingerprint density at radius 2 is 0.466 bits per heavy atom. The molecule has 0 unspecified atom stereocenters. The van der Waals surface area contributed by atoms with E-state index in [0.717, 1.165) is 0 Å².